The second-order valence-corrected chi connectivity index (χ2v) is 5.69. The summed E-state index contributed by atoms with van der Waals surface area (Å²) in [5.74, 6) is -0.684. The summed E-state index contributed by atoms with van der Waals surface area (Å²) in [4.78, 5) is 24.5. The van der Waals surface area contributed by atoms with Gasteiger partial charge < -0.3 is 14.7 Å². The van der Waals surface area contributed by atoms with Crippen molar-refractivity contribution in [3.05, 3.63) is 28.8 Å². The molecule has 0 unspecified atom stereocenters. The molecule has 1 aromatic carbocycles. The molecule has 0 atom stereocenters. The van der Waals surface area contributed by atoms with Crippen LogP contribution >= 0.6 is 11.6 Å². The van der Waals surface area contributed by atoms with Crippen LogP contribution in [0, 0.1) is 0 Å². The lowest BCUT2D eigenvalue weighted by atomic mass is 10.0. The van der Waals surface area contributed by atoms with Gasteiger partial charge >= 0.3 is 5.97 Å². The number of hydrogen-bond acceptors (Lipinski definition) is 3. The average Bonchev–Trinajstić information content (AvgIpc) is 2.43. The van der Waals surface area contributed by atoms with Crippen molar-refractivity contribution in [1.82, 2.24) is 4.90 Å². The first-order valence-corrected chi connectivity index (χ1v) is 6.90. The highest BCUT2D eigenvalue weighted by Crippen LogP contribution is 2.25. The number of nitrogens with zero attached hydrogens (tertiary/aromatic N) is 1. The fourth-order valence-electron chi connectivity index (χ4n) is 1.74. The molecule has 0 saturated heterocycles. The number of benzene rings is 1. The third-order valence-corrected chi connectivity index (χ3v) is 3.88. The summed E-state index contributed by atoms with van der Waals surface area (Å²) in [5, 5.41) is 9.60. The Kier molecular flexibility index (Phi) is 5.61. The molecule has 1 rings (SSSR count). The van der Waals surface area contributed by atoms with Gasteiger partial charge in [0.25, 0.3) is 0 Å². The lowest BCUT2D eigenvalue weighted by Gasteiger charge is -2.31. The van der Waals surface area contributed by atoms with Crippen LogP contribution in [0.4, 0.5) is 0 Å². The van der Waals surface area contributed by atoms with Crippen LogP contribution in [0.3, 0.4) is 0 Å². The van der Waals surface area contributed by atoms with E-state index in [4.69, 9.17) is 21.4 Å². The van der Waals surface area contributed by atoms with Crippen LogP contribution in [0.5, 0.6) is 5.75 Å². The largest absolute Gasteiger partial charge is 0.495 e. The molecule has 116 valence electrons. The normalized spacial score (nSPS) is 11.1. The summed E-state index contributed by atoms with van der Waals surface area (Å²) in [7, 11) is 3.03. The monoisotopic (exact) mass is 313 g/mol. The molecule has 1 amide bonds. The standard InChI is InChI=1S/C15H20ClNO4/c1-15(2,14(19)20)17(3)13(18)8-6-10-5-7-12(21-4)11(16)9-10/h5,7,9H,6,8H2,1-4H3,(H,19,20). The molecule has 1 N–H and O–H groups in total. The fraction of sp³-hybridized carbons (Fsp3) is 0.467. The molecule has 0 radical (unpaired) electrons. The second-order valence-electron chi connectivity index (χ2n) is 5.29. The van der Waals surface area contributed by atoms with E-state index in [1.807, 2.05) is 6.07 Å². The second kappa shape index (κ2) is 6.80. The number of carboxylic acids is 1. The van der Waals surface area contributed by atoms with Crippen LogP contribution in [-0.4, -0.2) is 41.6 Å². The van der Waals surface area contributed by atoms with Crippen molar-refractivity contribution in [2.24, 2.45) is 0 Å². The Balaban J connectivity index is 2.69. The van der Waals surface area contributed by atoms with Crippen molar-refractivity contribution in [1.29, 1.82) is 0 Å². The van der Waals surface area contributed by atoms with E-state index >= 15 is 0 Å². The minimum Gasteiger partial charge on any atom is -0.495 e. The van der Waals surface area contributed by atoms with Crippen LogP contribution in [0.1, 0.15) is 25.8 Å². The van der Waals surface area contributed by atoms with Gasteiger partial charge in [0.05, 0.1) is 12.1 Å². The number of methoxy groups -OCH3 is 1. The summed E-state index contributed by atoms with van der Waals surface area (Å²) in [6.07, 6.45) is 0.707. The maximum Gasteiger partial charge on any atom is 0.329 e. The predicted octanol–water partition coefficient (Wildman–Crippen LogP) is 2.60. The van der Waals surface area contributed by atoms with Gasteiger partial charge in [0, 0.05) is 13.5 Å². The molecular weight excluding hydrogens is 294 g/mol. The van der Waals surface area contributed by atoms with Crippen LogP contribution in [0.2, 0.25) is 5.02 Å². The van der Waals surface area contributed by atoms with Crippen molar-refractivity contribution in [2.45, 2.75) is 32.2 Å². The van der Waals surface area contributed by atoms with Crippen LogP contribution in [0.15, 0.2) is 18.2 Å². The van der Waals surface area contributed by atoms with E-state index in [0.717, 1.165) is 5.56 Å². The first-order valence-electron chi connectivity index (χ1n) is 6.52. The number of likely N-dealkylation sites (N-methyl/N-ethyl adjacent to an activating group) is 1. The Bertz CT molecular complexity index is 542. The maximum absolute atomic E-state index is 12.1. The Hall–Kier alpha value is -1.75. The number of ether oxygens (including phenoxy) is 1. The summed E-state index contributed by atoms with van der Waals surface area (Å²) in [6, 6.07) is 5.32. The molecule has 0 aliphatic rings. The Labute approximate surface area is 129 Å². The highest BCUT2D eigenvalue weighted by molar-refractivity contribution is 6.32. The average molecular weight is 314 g/mol. The van der Waals surface area contributed by atoms with Crippen LogP contribution < -0.4 is 4.74 Å². The molecular formula is C15H20ClNO4. The zero-order valence-corrected chi connectivity index (χ0v) is 13.4. The molecule has 5 nitrogen and oxygen atoms in total. The molecule has 0 heterocycles. The molecule has 0 bridgehead atoms. The lowest BCUT2D eigenvalue weighted by molar-refractivity contribution is -0.155. The zero-order chi connectivity index (χ0) is 16.2. The van der Waals surface area contributed by atoms with Gasteiger partial charge in [0.15, 0.2) is 0 Å². The minimum atomic E-state index is -1.23. The van der Waals surface area contributed by atoms with E-state index in [2.05, 4.69) is 0 Å². The third-order valence-electron chi connectivity index (χ3n) is 3.58. The van der Waals surface area contributed by atoms with E-state index in [9.17, 15) is 9.59 Å². The smallest absolute Gasteiger partial charge is 0.329 e. The molecule has 6 heteroatoms. The summed E-state index contributed by atoms with van der Waals surface area (Å²) in [5.41, 5.74) is -0.329. The molecule has 21 heavy (non-hydrogen) atoms. The zero-order valence-electron chi connectivity index (χ0n) is 12.6. The minimum absolute atomic E-state index is 0.218. The maximum atomic E-state index is 12.1. The molecule has 0 aliphatic heterocycles. The number of aliphatic carboxylic acids is 1. The Morgan fingerprint density at radius 3 is 2.48 bits per heavy atom. The van der Waals surface area contributed by atoms with Crippen molar-refractivity contribution in [2.75, 3.05) is 14.2 Å². The molecule has 0 aliphatic carbocycles. The van der Waals surface area contributed by atoms with Crippen LogP contribution in [0.25, 0.3) is 0 Å². The first-order chi connectivity index (χ1) is 9.70. The van der Waals surface area contributed by atoms with Crippen molar-refractivity contribution < 1.29 is 19.4 Å². The molecule has 0 saturated carbocycles. The summed E-state index contributed by atoms with van der Waals surface area (Å²) >= 11 is 6.02. The number of carboxylic acid groups (broad SMARTS) is 1. The van der Waals surface area contributed by atoms with E-state index in [-0.39, 0.29) is 12.3 Å². The highest BCUT2D eigenvalue weighted by Gasteiger charge is 2.34. The topological polar surface area (TPSA) is 66.8 Å². The predicted molar refractivity (Wildman–Crippen MR) is 80.8 cm³/mol. The number of hydrogen-bond donors (Lipinski definition) is 1. The van der Waals surface area contributed by atoms with Crippen molar-refractivity contribution >= 4 is 23.5 Å². The molecule has 0 fully saturated rings. The number of carbonyl (C=O) groups is 2. The van der Waals surface area contributed by atoms with E-state index in [0.29, 0.717) is 17.2 Å². The summed E-state index contributed by atoms with van der Waals surface area (Å²) in [6.45, 7) is 3.00. The molecule has 0 spiro atoms. The number of carbonyl (C=O) groups excluding carboxylic acids is 1. The van der Waals surface area contributed by atoms with E-state index < -0.39 is 11.5 Å². The van der Waals surface area contributed by atoms with Gasteiger partial charge in [0.1, 0.15) is 11.3 Å². The van der Waals surface area contributed by atoms with Crippen molar-refractivity contribution in [3.8, 4) is 5.75 Å². The number of rotatable bonds is 6. The van der Waals surface area contributed by atoms with Crippen molar-refractivity contribution in [3.63, 3.8) is 0 Å². The van der Waals surface area contributed by atoms with E-state index in [1.165, 1.54) is 32.9 Å². The first kappa shape index (κ1) is 17.3. The number of amides is 1. The lowest BCUT2D eigenvalue weighted by Crippen LogP contribution is -2.50. The van der Waals surface area contributed by atoms with E-state index in [1.54, 1.807) is 12.1 Å². The summed E-state index contributed by atoms with van der Waals surface area (Å²) < 4.78 is 5.06. The molecule has 1 aromatic rings. The third kappa shape index (κ3) is 4.11. The van der Waals surface area contributed by atoms with Gasteiger partial charge in [-0.15, -0.1) is 0 Å². The van der Waals surface area contributed by atoms with Crippen LogP contribution in [-0.2, 0) is 16.0 Å². The van der Waals surface area contributed by atoms with Gasteiger partial charge in [-0.25, -0.2) is 4.79 Å². The van der Waals surface area contributed by atoms with Gasteiger partial charge in [-0.3, -0.25) is 4.79 Å². The Morgan fingerprint density at radius 1 is 1.38 bits per heavy atom. The number of halogens is 1. The number of aryl methyl sites for hydroxylation is 1. The van der Waals surface area contributed by atoms with Gasteiger partial charge in [-0.1, -0.05) is 17.7 Å². The van der Waals surface area contributed by atoms with Gasteiger partial charge in [0.2, 0.25) is 5.91 Å². The highest BCUT2D eigenvalue weighted by atomic mass is 35.5. The quantitative estimate of drug-likeness (QED) is 0.876. The SMILES string of the molecule is COc1ccc(CCC(=O)N(C)C(C)(C)C(=O)O)cc1Cl. The van der Waals surface area contributed by atoms with Gasteiger partial charge in [-0.05, 0) is 38.0 Å². The fourth-order valence-corrected chi connectivity index (χ4v) is 2.02. The molecule has 0 aromatic heterocycles. The Morgan fingerprint density at radius 2 is 2.00 bits per heavy atom. The van der Waals surface area contributed by atoms with Gasteiger partial charge in [-0.2, -0.15) is 0 Å².